The van der Waals surface area contributed by atoms with Gasteiger partial charge in [0.05, 0.1) is 0 Å². The Kier molecular flexibility index (Phi) is 11.0. The van der Waals surface area contributed by atoms with Gasteiger partial charge in [-0.3, -0.25) is 0 Å². The van der Waals surface area contributed by atoms with Gasteiger partial charge in [0.2, 0.25) is 0 Å². The summed E-state index contributed by atoms with van der Waals surface area (Å²) in [5, 5.41) is -0.912. The summed E-state index contributed by atoms with van der Waals surface area (Å²) >= 11 is 0. The van der Waals surface area contributed by atoms with E-state index in [4.69, 9.17) is 8.85 Å². The molecular formula is C26H29F17O2Si. The van der Waals surface area contributed by atoms with Crippen LogP contribution in [0.4, 0.5) is 74.6 Å². The van der Waals surface area contributed by atoms with E-state index in [1.165, 1.54) is 51.1 Å². The van der Waals surface area contributed by atoms with Gasteiger partial charge in [0, 0.05) is 24.2 Å². The van der Waals surface area contributed by atoms with Crippen molar-refractivity contribution in [3.63, 3.8) is 0 Å². The monoisotopic (exact) mass is 724 g/mol. The molecule has 2 nitrogen and oxygen atoms in total. The van der Waals surface area contributed by atoms with Crippen molar-refractivity contribution in [2.75, 3.05) is 6.61 Å². The Morgan fingerprint density at radius 1 is 0.587 bits per heavy atom. The zero-order valence-electron chi connectivity index (χ0n) is 24.2. The second-order valence-electron chi connectivity index (χ2n) is 11.9. The first kappa shape index (κ1) is 40.3. The van der Waals surface area contributed by atoms with E-state index in [0.717, 1.165) is 6.42 Å². The highest BCUT2D eigenvalue weighted by Gasteiger charge is 2.95. The molecule has 1 unspecified atom stereocenters. The fourth-order valence-corrected chi connectivity index (χ4v) is 8.51. The van der Waals surface area contributed by atoms with E-state index in [-0.39, 0.29) is 5.19 Å². The second kappa shape index (κ2) is 12.6. The van der Waals surface area contributed by atoms with E-state index in [2.05, 4.69) is 0 Å². The third-order valence-corrected chi connectivity index (χ3v) is 11.9. The van der Waals surface area contributed by atoms with Crippen LogP contribution in [-0.4, -0.2) is 68.9 Å². The number of hydrogen-bond acceptors (Lipinski definition) is 2. The van der Waals surface area contributed by atoms with Crippen LogP contribution in [0, 0.1) is 0 Å². The van der Waals surface area contributed by atoms with Crippen LogP contribution >= 0.6 is 0 Å². The van der Waals surface area contributed by atoms with E-state index < -0.39 is 80.4 Å². The first-order valence-electron chi connectivity index (χ1n) is 13.5. The maximum atomic E-state index is 14.6. The molecule has 1 saturated carbocycles. The molecule has 0 radical (unpaired) electrons. The lowest BCUT2D eigenvalue weighted by Gasteiger charge is -2.45. The number of benzene rings is 1. The molecule has 0 amide bonds. The molecule has 2 rings (SSSR count). The van der Waals surface area contributed by atoms with Crippen LogP contribution in [0.15, 0.2) is 30.3 Å². The lowest BCUT2D eigenvalue weighted by atomic mass is 9.88. The third kappa shape index (κ3) is 6.46. The lowest BCUT2D eigenvalue weighted by molar-refractivity contribution is -0.461. The average Bonchev–Trinajstić information content (AvgIpc) is 2.91. The summed E-state index contributed by atoms with van der Waals surface area (Å²) in [6.07, 6.45) is -7.97. The number of rotatable bonds is 13. The standard InChI is InChI=1S/C26H29F17O2Si/c1-18(2,3)46(17-12-8-5-9-13-17,45-16-10-6-4-7-11-16)44-15-14-19(27,28)20(29,30)21(31,32)22(33,34)23(35,36)24(37,38)25(39,40)26(41,42)43/h5,8-9,12-13,16H,4,6-7,10-11,14-15H2,1-3H3. The van der Waals surface area contributed by atoms with Gasteiger partial charge in [-0.2, -0.15) is 74.6 Å². The third-order valence-electron chi connectivity index (χ3n) is 7.53. The van der Waals surface area contributed by atoms with Crippen molar-refractivity contribution in [1.82, 2.24) is 0 Å². The van der Waals surface area contributed by atoms with E-state index in [9.17, 15) is 74.6 Å². The topological polar surface area (TPSA) is 18.5 Å². The molecule has 20 heteroatoms. The van der Waals surface area contributed by atoms with E-state index in [1.54, 1.807) is 0 Å². The minimum absolute atomic E-state index is 0.229. The normalized spacial score (nSPS) is 18.9. The molecule has 1 aliphatic rings. The van der Waals surface area contributed by atoms with Crippen LogP contribution in [0.5, 0.6) is 0 Å². The fraction of sp³-hybridized carbons (Fsp3) is 0.769. The Morgan fingerprint density at radius 2 is 1.00 bits per heavy atom. The second-order valence-corrected chi connectivity index (χ2v) is 15.7. The highest BCUT2D eigenvalue weighted by atomic mass is 28.4. The molecule has 1 atom stereocenters. The molecule has 0 bridgehead atoms. The van der Waals surface area contributed by atoms with Gasteiger partial charge in [0.1, 0.15) is 0 Å². The molecule has 1 aromatic carbocycles. The van der Waals surface area contributed by atoms with Gasteiger partial charge in [-0.25, -0.2) is 0 Å². The van der Waals surface area contributed by atoms with Crippen molar-refractivity contribution < 1.29 is 83.5 Å². The molecule has 268 valence electrons. The van der Waals surface area contributed by atoms with E-state index >= 15 is 0 Å². The Bertz CT molecular complexity index is 1160. The van der Waals surface area contributed by atoms with Gasteiger partial charge in [-0.15, -0.1) is 0 Å². The van der Waals surface area contributed by atoms with Gasteiger partial charge >= 0.3 is 56.2 Å². The first-order chi connectivity index (χ1) is 20.4. The smallest absolute Gasteiger partial charge is 0.390 e. The molecule has 0 aliphatic heterocycles. The average molecular weight is 725 g/mol. The molecule has 0 saturated heterocycles. The summed E-state index contributed by atoms with van der Waals surface area (Å²) in [7, 11) is -4.12. The molecule has 0 heterocycles. The van der Waals surface area contributed by atoms with Crippen molar-refractivity contribution >= 4 is 13.7 Å². The van der Waals surface area contributed by atoms with E-state index in [1.807, 2.05) is 0 Å². The highest BCUT2D eigenvalue weighted by Crippen LogP contribution is 2.64. The van der Waals surface area contributed by atoms with Crippen molar-refractivity contribution in [1.29, 1.82) is 0 Å². The Balaban J connectivity index is 2.49. The van der Waals surface area contributed by atoms with Crippen LogP contribution in [0.2, 0.25) is 5.04 Å². The van der Waals surface area contributed by atoms with Gasteiger partial charge in [-0.05, 0) is 18.0 Å². The minimum Gasteiger partial charge on any atom is -0.390 e. The van der Waals surface area contributed by atoms with Gasteiger partial charge in [0.15, 0.2) is 0 Å². The summed E-state index contributed by atoms with van der Waals surface area (Å²) in [5.41, 5.74) is 0. The predicted molar refractivity (Wildman–Crippen MR) is 131 cm³/mol. The minimum atomic E-state index is -8.66. The SMILES string of the molecule is CC(C)(C)[Si](OCCC(F)(F)C(F)(F)C(F)(F)C(F)(F)C(F)(F)C(F)(F)C(F)(F)C(F)(F)F)(OC1CCCCC1)c1ccccc1. The van der Waals surface area contributed by atoms with Crippen molar-refractivity contribution in [2.24, 2.45) is 0 Å². The van der Waals surface area contributed by atoms with Gasteiger partial charge in [0.25, 0.3) is 0 Å². The number of alkyl halides is 17. The van der Waals surface area contributed by atoms with Crippen LogP contribution in [0.25, 0.3) is 0 Å². The zero-order chi connectivity index (χ0) is 36.1. The Labute approximate surface area is 252 Å². The van der Waals surface area contributed by atoms with E-state index in [0.29, 0.717) is 25.7 Å². The first-order valence-corrected chi connectivity index (χ1v) is 15.3. The van der Waals surface area contributed by atoms with Crippen LogP contribution in [0.3, 0.4) is 0 Å². The molecule has 1 aliphatic carbocycles. The van der Waals surface area contributed by atoms with Crippen molar-refractivity contribution in [3.8, 4) is 0 Å². The van der Waals surface area contributed by atoms with Crippen LogP contribution < -0.4 is 5.19 Å². The summed E-state index contributed by atoms with van der Waals surface area (Å²) in [5.74, 6) is -56.6. The van der Waals surface area contributed by atoms with Crippen LogP contribution in [-0.2, 0) is 8.85 Å². The molecule has 0 spiro atoms. The molecule has 1 fully saturated rings. The quantitative estimate of drug-likeness (QED) is 0.149. The maximum Gasteiger partial charge on any atom is 0.460 e. The fourth-order valence-electron chi connectivity index (χ4n) is 4.76. The van der Waals surface area contributed by atoms with Crippen molar-refractivity contribution in [3.05, 3.63) is 30.3 Å². The van der Waals surface area contributed by atoms with Crippen LogP contribution in [0.1, 0.15) is 59.3 Å². The number of hydrogen-bond donors (Lipinski definition) is 0. The number of halogens is 17. The lowest BCUT2D eigenvalue weighted by Crippen LogP contribution is -2.74. The summed E-state index contributed by atoms with van der Waals surface area (Å²) in [6.45, 7) is 2.79. The van der Waals surface area contributed by atoms with Crippen molar-refractivity contribution in [2.45, 2.75) is 118 Å². The van der Waals surface area contributed by atoms with Gasteiger partial charge < -0.3 is 8.85 Å². The summed E-state index contributed by atoms with van der Waals surface area (Å²) in [4.78, 5) is 0. The molecule has 46 heavy (non-hydrogen) atoms. The Morgan fingerprint density at radius 3 is 1.41 bits per heavy atom. The highest BCUT2D eigenvalue weighted by molar-refractivity contribution is 6.83. The summed E-state index contributed by atoms with van der Waals surface area (Å²) < 4.78 is 244. The molecule has 0 aromatic heterocycles. The molecule has 1 aromatic rings. The zero-order valence-corrected chi connectivity index (χ0v) is 25.2. The predicted octanol–water partition coefficient (Wildman–Crippen LogP) is 9.90. The molecular weight excluding hydrogens is 695 g/mol. The Hall–Kier alpha value is -1.83. The largest absolute Gasteiger partial charge is 0.460 e. The summed E-state index contributed by atoms with van der Waals surface area (Å²) in [6, 6.07) is 7.27. The maximum absolute atomic E-state index is 14.6. The molecule has 0 N–H and O–H groups in total. The van der Waals surface area contributed by atoms with Gasteiger partial charge in [-0.1, -0.05) is 70.4 Å².